The number of para-hydroxylation sites is 1. The lowest BCUT2D eigenvalue weighted by Gasteiger charge is -2.27. The lowest BCUT2D eigenvalue weighted by molar-refractivity contribution is 0.244. The number of nitrogens with one attached hydrogen (secondary N) is 1. The standard InChI is InChI=1S/C32H32F2N6O/c1-4-21-7-6-8-22(5-2)30(21)40-31(24-14-27(34)29(15-26(24)33)37-32(36)41)25-18-39(12-11-28(25)38-40)17-23-10-9-20(16-35)13-19(23)3/h6-10,13-15H,4-5,11-12,17-18H2,1-3H3,(H3,36,37,41). The fourth-order valence-electron chi connectivity index (χ4n) is 5.63. The number of hydrogen-bond acceptors (Lipinski definition) is 4. The van der Waals surface area contributed by atoms with E-state index >= 15 is 8.78 Å². The van der Waals surface area contributed by atoms with Gasteiger partial charge in [0.15, 0.2) is 0 Å². The predicted octanol–water partition coefficient (Wildman–Crippen LogP) is 6.17. The summed E-state index contributed by atoms with van der Waals surface area (Å²) < 4.78 is 32.8. The number of amides is 2. The van der Waals surface area contributed by atoms with E-state index in [0.717, 1.165) is 70.7 Å². The van der Waals surface area contributed by atoms with Gasteiger partial charge in [0.25, 0.3) is 0 Å². The van der Waals surface area contributed by atoms with Crippen molar-refractivity contribution in [1.29, 1.82) is 5.26 Å². The minimum Gasteiger partial charge on any atom is -0.351 e. The van der Waals surface area contributed by atoms with Crippen molar-refractivity contribution in [2.24, 2.45) is 5.73 Å². The van der Waals surface area contributed by atoms with E-state index in [-0.39, 0.29) is 11.3 Å². The van der Waals surface area contributed by atoms with E-state index in [1.54, 1.807) is 4.68 Å². The number of nitrogens with two attached hydrogens (primary N) is 1. The normalized spacial score (nSPS) is 13.1. The summed E-state index contributed by atoms with van der Waals surface area (Å²) in [6, 6.07) is 15.0. The minimum atomic E-state index is -0.975. The maximum absolute atomic E-state index is 15.8. The molecule has 1 aromatic heterocycles. The minimum absolute atomic E-state index is 0.0654. The molecule has 0 saturated carbocycles. The molecule has 0 bridgehead atoms. The molecule has 0 radical (unpaired) electrons. The first-order valence-electron chi connectivity index (χ1n) is 13.7. The molecular weight excluding hydrogens is 522 g/mol. The van der Waals surface area contributed by atoms with Crippen LogP contribution < -0.4 is 11.1 Å². The number of aryl methyl sites for hydroxylation is 3. The number of urea groups is 1. The van der Waals surface area contributed by atoms with Crippen LogP contribution in [0.4, 0.5) is 19.3 Å². The Hall–Kier alpha value is -4.55. The van der Waals surface area contributed by atoms with Gasteiger partial charge in [-0.15, -0.1) is 0 Å². The van der Waals surface area contributed by atoms with Crippen LogP contribution in [0.25, 0.3) is 16.9 Å². The highest BCUT2D eigenvalue weighted by Gasteiger charge is 2.30. The Morgan fingerprint density at radius 1 is 1.07 bits per heavy atom. The summed E-state index contributed by atoms with van der Waals surface area (Å²) in [5.41, 5.74) is 12.8. The van der Waals surface area contributed by atoms with Gasteiger partial charge in [-0.2, -0.15) is 10.4 Å². The molecule has 4 aromatic rings. The van der Waals surface area contributed by atoms with E-state index in [9.17, 15) is 10.1 Å². The largest absolute Gasteiger partial charge is 0.351 e. The highest BCUT2D eigenvalue weighted by atomic mass is 19.1. The molecule has 0 unspecified atom stereocenters. The lowest BCUT2D eigenvalue weighted by atomic mass is 9.97. The molecule has 2 heterocycles. The molecule has 3 N–H and O–H groups in total. The average molecular weight is 555 g/mol. The third-order valence-corrected chi connectivity index (χ3v) is 7.73. The summed E-state index contributed by atoms with van der Waals surface area (Å²) >= 11 is 0. The van der Waals surface area contributed by atoms with Gasteiger partial charge < -0.3 is 11.1 Å². The van der Waals surface area contributed by atoms with Crippen LogP contribution in [0.2, 0.25) is 0 Å². The molecule has 3 aromatic carbocycles. The van der Waals surface area contributed by atoms with Gasteiger partial charge in [-0.1, -0.05) is 38.1 Å². The fraction of sp³-hybridized carbons (Fsp3) is 0.281. The number of hydrogen-bond donors (Lipinski definition) is 2. The predicted molar refractivity (Wildman–Crippen MR) is 155 cm³/mol. The molecule has 0 aliphatic carbocycles. The SMILES string of the molecule is CCc1cccc(CC)c1-n1nc2c(c1-c1cc(F)c(NC(N)=O)cc1F)CN(Cc1ccc(C#N)cc1C)CC2. The molecule has 2 amide bonds. The van der Waals surface area contributed by atoms with Crippen molar-refractivity contribution in [2.45, 2.75) is 53.1 Å². The molecule has 0 fully saturated rings. The molecule has 1 aliphatic heterocycles. The second-order valence-electron chi connectivity index (χ2n) is 10.3. The van der Waals surface area contributed by atoms with E-state index in [0.29, 0.717) is 30.8 Å². The van der Waals surface area contributed by atoms with Crippen LogP contribution >= 0.6 is 0 Å². The Bertz CT molecular complexity index is 1660. The summed E-state index contributed by atoms with van der Waals surface area (Å²) in [7, 11) is 0. The highest BCUT2D eigenvalue weighted by Crippen LogP contribution is 2.38. The van der Waals surface area contributed by atoms with E-state index in [2.05, 4.69) is 30.1 Å². The first kappa shape index (κ1) is 28.0. The number of benzene rings is 3. The molecule has 9 heteroatoms. The fourth-order valence-corrected chi connectivity index (χ4v) is 5.63. The zero-order valence-corrected chi connectivity index (χ0v) is 23.4. The zero-order valence-electron chi connectivity index (χ0n) is 23.4. The first-order valence-corrected chi connectivity index (χ1v) is 13.7. The van der Waals surface area contributed by atoms with Crippen molar-refractivity contribution in [3.05, 3.63) is 99.2 Å². The number of aromatic nitrogens is 2. The zero-order chi connectivity index (χ0) is 29.3. The molecule has 0 atom stereocenters. The molecule has 0 spiro atoms. The molecule has 7 nitrogen and oxygen atoms in total. The number of primary amides is 1. The van der Waals surface area contributed by atoms with Crippen molar-refractivity contribution in [1.82, 2.24) is 14.7 Å². The van der Waals surface area contributed by atoms with Gasteiger partial charge in [0.2, 0.25) is 0 Å². The smallest absolute Gasteiger partial charge is 0.316 e. The second-order valence-corrected chi connectivity index (χ2v) is 10.3. The first-order chi connectivity index (χ1) is 19.7. The van der Waals surface area contributed by atoms with Gasteiger partial charge in [-0.25, -0.2) is 18.3 Å². The van der Waals surface area contributed by atoms with Gasteiger partial charge in [-0.05, 0) is 60.2 Å². The summed E-state index contributed by atoms with van der Waals surface area (Å²) in [5, 5.41) is 16.4. The topological polar surface area (TPSA) is 100.0 Å². The molecule has 210 valence electrons. The van der Waals surface area contributed by atoms with Crippen molar-refractivity contribution in [3.63, 3.8) is 0 Å². The van der Waals surface area contributed by atoms with Crippen LogP contribution in [-0.2, 0) is 32.4 Å². The Labute approximate surface area is 238 Å². The molecular formula is C32H32F2N6O. The van der Waals surface area contributed by atoms with Crippen LogP contribution in [-0.4, -0.2) is 27.3 Å². The Morgan fingerprint density at radius 2 is 1.80 bits per heavy atom. The van der Waals surface area contributed by atoms with Crippen LogP contribution in [0.15, 0.2) is 48.5 Å². The van der Waals surface area contributed by atoms with Crippen LogP contribution in [0, 0.1) is 29.9 Å². The van der Waals surface area contributed by atoms with E-state index < -0.39 is 17.7 Å². The van der Waals surface area contributed by atoms with Gasteiger partial charge >= 0.3 is 6.03 Å². The quantitative estimate of drug-likeness (QED) is 0.285. The number of carbonyl (C=O) groups excluding carboxylic acids is 1. The summed E-state index contributed by atoms with van der Waals surface area (Å²) in [5.74, 6) is -1.48. The van der Waals surface area contributed by atoms with Crippen molar-refractivity contribution in [2.75, 3.05) is 11.9 Å². The van der Waals surface area contributed by atoms with Crippen molar-refractivity contribution >= 4 is 11.7 Å². The maximum Gasteiger partial charge on any atom is 0.316 e. The van der Waals surface area contributed by atoms with Gasteiger partial charge in [0, 0.05) is 43.2 Å². The number of rotatable bonds is 7. The van der Waals surface area contributed by atoms with E-state index in [1.165, 1.54) is 0 Å². The number of nitriles is 1. The van der Waals surface area contributed by atoms with E-state index in [1.807, 2.05) is 43.3 Å². The Morgan fingerprint density at radius 3 is 2.44 bits per heavy atom. The van der Waals surface area contributed by atoms with Gasteiger partial charge in [-0.3, -0.25) is 4.90 Å². The van der Waals surface area contributed by atoms with Crippen molar-refractivity contribution < 1.29 is 13.6 Å². The number of anilines is 1. The number of halogens is 2. The third kappa shape index (κ3) is 5.43. The molecule has 5 rings (SSSR count). The molecule has 1 aliphatic rings. The summed E-state index contributed by atoms with van der Waals surface area (Å²) in [6.45, 7) is 8.00. The van der Waals surface area contributed by atoms with Crippen LogP contribution in [0.3, 0.4) is 0 Å². The molecule has 0 saturated heterocycles. The molecule has 41 heavy (non-hydrogen) atoms. The lowest BCUT2D eigenvalue weighted by Crippen LogP contribution is -2.30. The third-order valence-electron chi connectivity index (χ3n) is 7.73. The number of fused-ring (bicyclic) bond motifs is 1. The van der Waals surface area contributed by atoms with Gasteiger partial charge in [0.05, 0.1) is 34.4 Å². The van der Waals surface area contributed by atoms with Gasteiger partial charge in [0.1, 0.15) is 11.6 Å². The summed E-state index contributed by atoms with van der Waals surface area (Å²) in [4.78, 5) is 13.6. The summed E-state index contributed by atoms with van der Waals surface area (Å²) in [6.07, 6.45) is 2.14. The number of nitrogens with zero attached hydrogens (tertiary/aromatic N) is 4. The van der Waals surface area contributed by atoms with E-state index in [4.69, 9.17) is 10.8 Å². The Balaban J connectivity index is 1.66. The monoisotopic (exact) mass is 554 g/mol. The van der Waals surface area contributed by atoms with Crippen LogP contribution in [0.5, 0.6) is 0 Å². The Kier molecular flexibility index (Phi) is 7.86. The second kappa shape index (κ2) is 11.5. The highest BCUT2D eigenvalue weighted by molar-refractivity contribution is 5.88. The average Bonchev–Trinajstić information content (AvgIpc) is 3.33. The maximum atomic E-state index is 15.8. The van der Waals surface area contributed by atoms with Crippen molar-refractivity contribution in [3.8, 4) is 23.0 Å². The number of carbonyl (C=O) groups is 1. The van der Waals surface area contributed by atoms with Crippen LogP contribution in [0.1, 0.15) is 52.9 Å².